The Labute approximate surface area is 154 Å². The van der Waals surface area contributed by atoms with Crippen LogP contribution in [0, 0.1) is 6.92 Å². The third-order valence-corrected chi connectivity index (χ3v) is 3.89. The van der Waals surface area contributed by atoms with Crippen molar-refractivity contribution in [2.75, 3.05) is 13.2 Å². The molecule has 0 fully saturated rings. The summed E-state index contributed by atoms with van der Waals surface area (Å²) in [6, 6.07) is 16.5. The van der Waals surface area contributed by atoms with E-state index in [1.165, 1.54) is 24.0 Å². The summed E-state index contributed by atoms with van der Waals surface area (Å²) in [4.78, 5) is 0. The second kappa shape index (κ2) is 13.3. The zero-order valence-corrected chi connectivity index (χ0v) is 16.4. The van der Waals surface area contributed by atoms with Crippen LogP contribution >= 0.6 is 0 Å². The number of rotatable bonds is 9. The molecule has 2 aromatic rings. The molecule has 2 aromatic carbocycles. The first-order chi connectivity index (χ1) is 12.2. The van der Waals surface area contributed by atoms with Gasteiger partial charge in [0.15, 0.2) is 0 Å². The van der Waals surface area contributed by atoms with Gasteiger partial charge in [-0.1, -0.05) is 63.4 Å². The molecule has 0 N–H and O–H groups in total. The molecule has 2 heteroatoms. The van der Waals surface area contributed by atoms with E-state index in [2.05, 4.69) is 64.1 Å². The lowest BCUT2D eigenvalue weighted by Gasteiger charge is -2.05. The van der Waals surface area contributed by atoms with Gasteiger partial charge in [-0.15, -0.1) is 0 Å². The Bertz CT molecular complexity index is 543. The quantitative estimate of drug-likeness (QED) is 0.478. The Morgan fingerprint density at radius 2 is 1.08 bits per heavy atom. The zero-order valence-electron chi connectivity index (χ0n) is 16.4. The van der Waals surface area contributed by atoms with Crippen molar-refractivity contribution in [2.45, 2.75) is 59.8 Å². The zero-order chi connectivity index (χ0) is 18.3. The van der Waals surface area contributed by atoms with E-state index in [9.17, 15) is 0 Å². The first-order valence-electron chi connectivity index (χ1n) is 9.60. The van der Waals surface area contributed by atoms with E-state index in [4.69, 9.17) is 9.47 Å². The van der Waals surface area contributed by atoms with Crippen LogP contribution < -0.4 is 9.47 Å². The van der Waals surface area contributed by atoms with Gasteiger partial charge in [0, 0.05) is 0 Å². The van der Waals surface area contributed by atoms with Gasteiger partial charge in [-0.2, -0.15) is 0 Å². The second-order valence-electron chi connectivity index (χ2n) is 6.21. The second-order valence-corrected chi connectivity index (χ2v) is 6.21. The number of aryl methyl sites for hydroxylation is 2. The van der Waals surface area contributed by atoms with Crippen molar-refractivity contribution < 1.29 is 9.47 Å². The predicted molar refractivity (Wildman–Crippen MR) is 108 cm³/mol. The standard InChI is InChI=1S/C12H18O.C11H16O/c1-3-5-10-13-12-8-6-11(4-2)7-9-12;1-3-4-9-12-11-7-5-10(2)6-8-11/h6-9H,3-5,10H2,1-2H3;5-8H,3-4,9H2,1-2H3. The van der Waals surface area contributed by atoms with E-state index in [-0.39, 0.29) is 0 Å². The SMILES string of the molecule is CCCCOc1ccc(C)cc1.CCCCOc1ccc(CC)cc1. The van der Waals surface area contributed by atoms with Gasteiger partial charge in [0.05, 0.1) is 13.2 Å². The largest absolute Gasteiger partial charge is 0.494 e. The lowest BCUT2D eigenvalue weighted by Crippen LogP contribution is -1.96. The van der Waals surface area contributed by atoms with Crippen LogP contribution in [0.2, 0.25) is 0 Å². The van der Waals surface area contributed by atoms with Crippen LogP contribution in [-0.4, -0.2) is 13.2 Å². The summed E-state index contributed by atoms with van der Waals surface area (Å²) in [6.07, 6.45) is 5.73. The highest BCUT2D eigenvalue weighted by atomic mass is 16.5. The minimum Gasteiger partial charge on any atom is -0.494 e. The molecule has 0 aliphatic rings. The molecule has 25 heavy (non-hydrogen) atoms. The first kappa shape index (κ1) is 21.1. The van der Waals surface area contributed by atoms with Crippen molar-refractivity contribution in [1.29, 1.82) is 0 Å². The molecule has 0 aromatic heterocycles. The van der Waals surface area contributed by atoms with E-state index in [0.29, 0.717) is 0 Å². The number of benzene rings is 2. The highest BCUT2D eigenvalue weighted by molar-refractivity contribution is 5.27. The number of hydrogen-bond acceptors (Lipinski definition) is 2. The molecular weight excluding hydrogens is 308 g/mol. The summed E-state index contributed by atoms with van der Waals surface area (Å²) in [5, 5.41) is 0. The molecule has 0 radical (unpaired) electrons. The monoisotopic (exact) mass is 342 g/mol. The summed E-state index contributed by atoms with van der Waals surface area (Å²) in [5.41, 5.74) is 2.64. The van der Waals surface area contributed by atoms with E-state index >= 15 is 0 Å². The van der Waals surface area contributed by atoms with Crippen LogP contribution in [0.25, 0.3) is 0 Å². The molecular formula is C23H34O2. The van der Waals surface area contributed by atoms with Crippen LogP contribution in [0.3, 0.4) is 0 Å². The summed E-state index contributed by atoms with van der Waals surface area (Å²) in [5.74, 6) is 1.97. The number of unbranched alkanes of at least 4 members (excludes halogenated alkanes) is 2. The van der Waals surface area contributed by atoms with Gasteiger partial charge >= 0.3 is 0 Å². The number of ether oxygens (including phenoxy) is 2. The van der Waals surface area contributed by atoms with Gasteiger partial charge in [0.1, 0.15) is 11.5 Å². The molecule has 2 nitrogen and oxygen atoms in total. The average Bonchev–Trinajstić information content (AvgIpc) is 2.65. The Hall–Kier alpha value is -1.96. The van der Waals surface area contributed by atoms with Crippen molar-refractivity contribution in [3.8, 4) is 11.5 Å². The van der Waals surface area contributed by atoms with E-state index < -0.39 is 0 Å². The highest BCUT2D eigenvalue weighted by Crippen LogP contribution is 2.13. The van der Waals surface area contributed by atoms with E-state index in [1.807, 2.05) is 12.1 Å². The maximum absolute atomic E-state index is 5.55. The normalized spacial score (nSPS) is 9.92. The van der Waals surface area contributed by atoms with Gasteiger partial charge in [0.25, 0.3) is 0 Å². The molecule has 0 atom stereocenters. The molecule has 0 spiro atoms. The Balaban J connectivity index is 0.000000251. The fraction of sp³-hybridized carbons (Fsp3) is 0.478. The fourth-order valence-electron chi connectivity index (χ4n) is 2.12. The summed E-state index contributed by atoms with van der Waals surface area (Å²) in [7, 11) is 0. The summed E-state index contributed by atoms with van der Waals surface area (Å²) in [6.45, 7) is 10.2. The maximum atomic E-state index is 5.55. The van der Waals surface area contributed by atoms with Gasteiger partial charge in [-0.3, -0.25) is 0 Å². The van der Waals surface area contributed by atoms with Crippen molar-refractivity contribution in [2.24, 2.45) is 0 Å². The van der Waals surface area contributed by atoms with Gasteiger partial charge < -0.3 is 9.47 Å². The fourth-order valence-corrected chi connectivity index (χ4v) is 2.12. The third kappa shape index (κ3) is 9.81. The highest BCUT2D eigenvalue weighted by Gasteiger charge is 1.93. The van der Waals surface area contributed by atoms with Crippen molar-refractivity contribution in [3.63, 3.8) is 0 Å². The Morgan fingerprint density at radius 3 is 1.48 bits per heavy atom. The van der Waals surface area contributed by atoms with Crippen LogP contribution in [0.5, 0.6) is 11.5 Å². The molecule has 0 amide bonds. The lowest BCUT2D eigenvalue weighted by atomic mass is 10.2. The van der Waals surface area contributed by atoms with Crippen LogP contribution in [-0.2, 0) is 6.42 Å². The predicted octanol–water partition coefficient (Wildman–Crippen LogP) is 6.60. The minimum absolute atomic E-state index is 0.833. The third-order valence-electron chi connectivity index (χ3n) is 3.89. The van der Waals surface area contributed by atoms with Crippen molar-refractivity contribution in [1.82, 2.24) is 0 Å². The molecule has 0 unspecified atom stereocenters. The topological polar surface area (TPSA) is 18.5 Å². The molecule has 0 bridgehead atoms. The molecule has 0 heterocycles. The molecule has 138 valence electrons. The number of hydrogen-bond donors (Lipinski definition) is 0. The van der Waals surface area contributed by atoms with Crippen LogP contribution in [0.15, 0.2) is 48.5 Å². The van der Waals surface area contributed by atoms with Crippen molar-refractivity contribution >= 4 is 0 Å². The molecule has 0 saturated carbocycles. The minimum atomic E-state index is 0.833. The average molecular weight is 343 g/mol. The van der Waals surface area contributed by atoms with E-state index in [1.54, 1.807) is 0 Å². The smallest absolute Gasteiger partial charge is 0.119 e. The molecule has 2 rings (SSSR count). The molecule has 0 aliphatic carbocycles. The summed E-state index contributed by atoms with van der Waals surface area (Å²) >= 11 is 0. The van der Waals surface area contributed by atoms with Crippen LogP contribution in [0.4, 0.5) is 0 Å². The van der Waals surface area contributed by atoms with Gasteiger partial charge in [0.2, 0.25) is 0 Å². The Kier molecular flexibility index (Phi) is 11.3. The van der Waals surface area contributed by atoms with Gasteiger partial charge in [-0.25, -0.2) is 0 Å². The lowest BCUT2D eigenvalue weighted by molar-refractivity contribution is 0.309. The first-order valence-corrected chi connectivity index (χ1v) is 9.60. The molecule has 0 aliphatic heterocycles. The summed E-state index contributed by atoms with van der Waals surface area (Å²) < 4.78 is 11.0. The van der Waals surface area contributed by atoms with Crippen molar-refractivity contribution in [3.05, 3.63) is 59.7 Å². The van der Waals surface area contributed by atoms with Crippen LogP contribution in [0.1, 0.15) is 57.6 Å². The van der Waals surface area contributed by atoms with E-state index in [0.717, 1.165) is 44.0 Å². The molecule has 0 saturated heterocycles. The van der Waals surface area contributed by atoms with Gasteiger partial charge in [-0.05, 0) is 56.0 Å². The maximum Gasteiger partial charge on any atom is 0.119 e. The Morgan fingerprint density at radius 1 is 0.640 bits per heavy atom.